The van der Waals surface area contributed by atoms with Crippen molar-refractivity contribution in [1.82, 2.24) is 4.90 Å². The third kappa shape index (κ3) is 2.85. The van der Waals surface area contributed by atoms with Gasteiger partial charge in [-0.1, -0.05) is 19.4 Å². The van der Waals surface area contributed by atoms with Gasteiger partial charge in [0, 0.05) is 23.9 Å². The topological polar surface area (TPSA) is 40.5 Å². The lowest BCUT2D eigenvalue weighted by atomic mass is 9.55. The summed E-state index contributed by atoms with van der Waals surface area (Å²) in [7, 11) is 0. The maximum absolute atomic E-state index is 12.5. The van der Waals surface area contributed by atoms with Crippen molar-refractivity contribution in [2.75, 3.05) is 13.1 Å². The number of aryl methyl sites for hydroxylation is 1. The van der Waals surface area contributed by atoms with Gasteiger partial charge in [-0.2, -0.15) is 0 Å². The molecule has 1 saturated heterocycles. The molecule has 1 heterocycles. The first-order chi connectivity index (χ1) is 13.1. The standard InChI is InChI=1S/C24H33NO2/c1-24-10-9-18-19(21(24)7-8-23(24)27)6-5-16-14-22(26)17(13-20(16)18)15-25-11-3-2-4-12-25/h13-14,18-19,21,26H,2-12,15H2,1H3/t18-,19+,21-,24-/m0/s1. The zero-order valence-electron chi connectivity index (χ0n) is 16.7. The minimum atomic E-state index is -0.0494. The second-order valence-electron chi connectivity index (χ2n) is 9.85. The van der Waals surface area contributed by atoms with Crippen LogP contribution in [0.5, 0.6) is 5.75 Å². The van der Waals surface area contributed by atoms with E-state index in [2.05, 4.69) is 24.0 Å². The van der Waals surface area contributed by atoms with Crippen molar-refractivity contribution >= 4 is 5.78 Å². The van der Waals surface area contributed by atoms with Gasteiger partial charge in [0.2, 0.25) is 0 Å². The Morgan fingerprint density at radius 3 is 2.74 bits per heavy atom. The molecule has 146 valence electrons. The zero-order valence-corrected chi connectivity index (χ0v) is 16.7. The number of carbonyl (C=O) groups excluding carboxylic acids is 1. The van der Waals surface area contributed by atoms with Crippen LogP contribution in [0, 0.1) is 17.3 Å². The Morgan fingerprint density at radius 1 is 1.11 bits per heavy atom. The number of carbonyl (C=O) groups is 1. The summed E-state index contributed by atoms with van der Waals surface area (Å²) in [5, 5.41) is 10.6. The van der Waals surface area contributed by atoms with Gasteiger partial charge in [-0.15, -0.1) is 0 Å². The average molecular weight is 368 g/mol. The molecule has 1 aromatic rings. The molecule has 0 bridgehead atoms. The van der Waals surface area contributed by atoms with E-state index in [0.29, 0.717) is 29.3 Å². The predicted molar refractivity (Wildman–Crippen MR) is 107 cm³/mol. The number of aromatic hydroxyl groups is 1. The molecule has 1 N–H and O–H groups in total. The van der Waals surface area contributed by atoms with Gasteiger partial charge in [-0.25, -0.2) is 0 Å². The molecule has 3 fully saturated rings. The second-order valence-corrected chi connectivity index (χ2v) is 9.85. The predicted octanol–water partition coefficient (Wildman–Crippen LogP) is 4.80. The quantitative estimate of drug-likeness (QED) is 0.816. The normalized spacial score (nSPS) is 36.2. The number of rotatable bonds is 2. The highest BCUT2D eigenvalue weighted by atomic mass is 16.3. The molecule has 3 heteroatoms. The van der Waals surface area contributed by atoms with Gasteiger partial charge in [0.05, 0.1) is 0 Å². The van der Waals surface area contributed by atoms with Crippen LogP contribution >= 0.6 is 0 Å². The van der Waals surface area contributed by atoms with Crippen molar-refractivity contribution in [3.63, 3.8) is 0 Å². The van der Waals surface area contributed by atoms with E-state index in [1.165, 1.54) is 36.8 Å². The van der Waals surface area contributed by atoms with Crippen molar-refractivity contribution < 1.29 is 9.90 Å². The Kier molecular flexibility index (Phi) is 4.34. The van der Waals surface area contributed by atoms with Gasteiger partial charge in [-0.05, 0) is 93.0 Å². The molecular weight excluding hydrogens is 334 g/mol. The lowest BCUT2D eigenvalue weighted by Gasteiger charge is -2.48. The molecule has 0 amide bonds. The summed E-state index contributed by atoms with van der Waals surface area (Å²) >= 11 is 0. The Hall–Kier alpha value is -1.35. The number of piperidine rings is 1. The number of nitrogens with zero attached hydrogens (tertiary/aromatic N) is 1. The van der Waals surface area contributed by atoms with Gasteiger partial charge in [0.25, 0.3) is 0 Å². The summed E-state index contributed by atoms with van der Waals surface area (Å²) in [6.07, 6.45) is 10.3. The fourth-order valence-electron chi connectivity index (χ4n) is 6.91. The van der Waals surface area contributed by atoms with Crippen LogP contribution in [0.3, 0.4) is 0 Å². The summed E-state index contributed by atoms with van der Waals surface area (Å²) in [6, 6.07) is 4.41. The summed E-state index contributed by atoms with van der Waals surface area (Å²) in [4.78, 5) is 15.0. The molecule has 3 nitrogen and oxygen atoms in total. The largest absolute Gasteiger partial charge is 0.508 e. The van der Waals surface area contributed by atoms with E-state index in [1.54, 1.807) is 0 Å². The Balaban J connectivity index is 1.44. The number of hydrogen-bond donors (Lipinski definition) is 1. The molecule has 5 rings (SSSR count). The van der Waals surface area contributed by atoms with Crippen molar-refractivity contribution in [3.8, 4) is 5.75 Å². The summed E-state index contributed by atoms with van der Waals surface area (Å²) in [5.41, 5.74) is 3.93. The van der Waals surface area contributed by atoms with E-state index in [9.17, 15) is 9.90 Å². The summed E-state index contributed by atoms with van der Waals surface area (Å²) in [5.74, 6) is 2.85. The van der Waals surface area contributed by atoms with E-state index >= 15 is 0 Å². The van der Waals surface area contributed by atoms with Crippen molar-refractivity contribution in [3.05, 3.63) is 28.8 Å². The Labute approximate surface area is 163 Å². The van der Waals surface area contributed by atoms with Crippen LogP contribution < -0.4 is 0 Å². The molecular formula is C24H33NO2. The van der Waals surface area contributed by atoms with Gasteiger partial charge in [-0.3, -0.25) is 9.69 Å². The maximum atomic E-state index is 12.5. The third-order valence-corrected chi connectivity index (χ3v) is 8.48. The highest BCUT2D eigenvalue weighted by Gasteiger charge is 2.54. The molecule has 4 aliphatic rings. The number of phenols is 1. The van der Waals surface area contributed by atoms with Crippen LogP contribution in [0.4, 0.5) is 0 Å². The number of ketones is 1. The first-order valence-electron chi connectivity index (χ1n) is 11.2. The smallest absolute Gasteiger partial charge is 0.139 e. The molecule has 0 unspecified atom stereocenters. The lowest BCUT2D eigenvalue weighted by Crippen LogP contribution is -2.42. The number of hydrogen-bond acceptors (Lipinski definition) is 3. The van der Waals surface area contributed by atoms with Gasteiger partial charge >= 0.3 is 0 Å². The van der Waals surface area contributed by atoms with E-state index in [0.717, 1.165) is 57.3 Å². The summed E-state index contributed by atoms with van der Waals surface area (Å²) in [6.45, 7) is 5.45. The SMILES string of the molecule is C[C@]12CC[C@@H]3c4cc(CN5CCCCC5)c(O)cc4CC[C@H]3[C@@H]1CCC2=O. The third-order valence-electron chi connectivity index (χ3n) is 8.48. The highest BCUT2D eigenvalue weighted by molar-refractivity contribution is 5.87. The molecule has 1 aromatic carbocycles. The summed E-state index contributed by atoms with van der Waals surface area (Å²) < 4.78 is 0. The number of fused-ring (bicyclic) bond motifs is 5. The first kappa shape index (κ1) is 17.7. The van der Waals surface area contributed by atoms with Crippen LogP contribution in [-0.4, -0.2) is 28.9 Å². The monoisotopic (exact) mass is 367 g/mol. The number of likely N-dealkylation sites (tertiary alicyclic amines) is 1. The maximum Gasteiger partial charge on any atom is 0.139 e. The Morgan fingerprint density at radius 2 is 1.93 bits per heavy atom. The first-order valence-corrected chi connectivity index (χ1v) is 11.2. The van der Waals surface area contributed by atoms with Crippen molar-refractivity contribution in [1.29, 1.82) is 0 Å². The molecule has 3 aliphatic carbocycles. The zero-order chi connectivity index (χ0) is 18.6. The molecule has 0 spiro atoms. The minimum Gasteiger partial charge on any atom is -0.508 e. The number of phenolic OH excluding ortho intramolecular Hbond substituents is 1. The van der Waals surface area contributed by atoms with Gasteiger partial charge < -0.3 is 5.11 Å². The minimum absolute atomic E-state index is 0.0494. The number of Topliss-reactive ketones (excluding diaryl/α,β-unsaturated/α-hetero) is 1. The van der Waals surface area contributed by atoms with E-state index < -0.39 is 0 Å². The van der Waals surface area contributed by atoms with Crippen LogP contribution in [0.2, 0.25) is 0 Å². The Bertz CT molecular complexity index is 751. The molecule has 27 heavy (non-hydrogen) atoms. The fourth-order valence-corrected chi connectivity index (χ4v) is 6.91. The average Bonchev–Trinajstić information content (AvgIpc) is 2.98. The van der Waals surface area contributed by atoms with Crippen LogP contribution in [0.1, 0.15) is 80.9 Å². The molecule has 0 radical (unpaired) electrons. The highest BCUT2D eigenvalue weighted by Crippen LogP contribution is 2.59. The van der Waals surface area contributed by atoms with Gasteiger partial charge in [0.1, 0.15) is 11.5 Å². The lowest BCUT2D eigenvalue weighted by molar-refractivity contribution is -0.129. The second kappa shape index (κ2) is 6.62. The number of benzene rings is 1. The van der Waals surface area contributed by atoms with E-state index in [4.69, 9.17) is 0 Å². The molecule has 4 atom stereocenters. The van der Waals surface area contributed by atoms with Crippen molar-refractivity contribution in [2.24, 2.45) is 17.3 Å². The van der Waals surface area contributed by atoms with Crippen LogP contribution in [0.25, 0.3) is 0 Å². The fraction of sp³-hybridized carbons (Fsp3) is 0.708. The van der Waals surface area contributed by atoms with Crippen LogP contribution in [0.15, 0.2) is 12.1 Å². The molecule has 2 saturated carbocycles. The molecule has 1 aliphatic heterocycles. The van der Waals surface area contributed by atoms with E-state index in [1.807, 2.05) is 0 Å². The molecule has 0 aromatic heterocycles. The van der Waals surface area contributed by atoms with Crippen molar-refractivity contribution in [2.45, 2.75) is 77.2 Å². The van der Waals surface area contributed by atoms with E-state index in [-0.39, 0.29) is 5.41 Å². The van der Waals surface area contributed by atoms with Gasteiger partial charge in [0.15, 0.2) is 0 Å². The van der Waals surface area contributed by atoms with Crippen LogP contribution in [-0.2, 0) is 17.8 Å².